The van der Waals surface area contributed by atoms with Crippen LogP contribution in [0.1, 0.15) is 12.0 Å². The first-order chi connectivity index (χ1) is 7.74. The Bertz CT molecular complexity index is 296. The van der Waals surface area contributed by atoms with Crippen molar-refractivity contribution in [2.45, 2.75) is 19.4 Å². The number of hydrogen-bond acceptors (Lipinski definition) is 4. The van der Waals surface area contributed by atoms with Crippen LogP contribution in [0.4, 0.5) is 5.82 Å². The highest BCUT2D eigenvalue weighted by atomic mass is 15.2. The minimum absolute atomic E-state index is 0.565. The molecule has 4 heteroatoms. The fourth-order valence-corrected chi connectivity index (χ4v) is 1.82. The Labute approximate surface area is 97.9 Å². The van der Waals surface area contributed by atoms with Crippen LogP contribution in [0.25, 0.3) is 0 Å². The molecule has 1 unspecified atom stereocenters. The summed E-state index contributed by atoms with van der Waals surface area (Å²) in [6, 6.07) is 4.71. The highest BCUT2D eigenvalue weighted by Gasteiger charge is 2.18. The quantitative estimate of drug-likeness (QED) is 0.786. The fraction of sp³-hybridized carbons (Fsp3) is 0.583. The molecule has 0 saturated carbocycles. The zero-order chi connectivity index (χ0) is 12.0. The van der Waals surface area contributed by atoms with E-state index in [9.17, 15) is 0 Å². The van der Waals surface area contributed by atoms with Crippen molar-refractivity contribution in [3.8, 4) is 0 Å². The third kappa shape index (κ3) is 3.79. The Balaban J connectivity index is 0.000000606. The van der Waals surface area contributed by atoms with Gasteiger partial charge in [0.2, 0.25) is 0 Å². The van der Waals surface area contributed by atoms with E-state index in [4.69, 9.17) is 0 Å². The third-order valence-corrected chi connectivity index (χ3v) is 2.65. The van der Waals surface area contributed by atoms with Crippen LogP contribution in [0.15, 0.2) is 18.3 Å². The lowest BCUT2D eigenvalue weighted by Gasteiger charge is -2.13. The standard InChI is InChI=1S/C11H17N3.CH5N/c1-9-3-4-11(12-7-9)13-10-5-6-14(2)8-10;1-2/h3-4,7,10H,5-6,8H2,1-2H3,(H,12,13);2H2,1H3. The number of nitrogens with two attached hydrogens (primary N) is 1. The summed E-state index contributed by atoms with van der Waals surface area (Å²) in [6.45, 7) is 4.36. The highest BCUT2D eigenvalue weighted by molar-refractivity contribution is 5.36. The Morgan fingerprint density at radius 2 is 2.19 bits per heavy atom. The van der Waals surface area contributed by atoms with Crippen LogP contribution < -0.4 is 11.1 Å². The smallest absolute Gasteiger partial charge is 0.126 e. The molecule has 0 amide bonds. The van der Waals surface area contributed by atoms with E-state index in [1.807, 2.05) is 12.3 Å². The summed E-state index contributed by atoms with van der Waals surface area (Å²) in [5.41, 5.74) is 5.71. The van der Waals surface area contributed by atoms with E-state index in [0.717, 1.165) is 12.4 Å². The second-order valence-corrected chi connectivity index (χ2v) is 4.11. The average Bonchev–Trinajstić information content (AvgIpc) is 2.70. The normalized spacial score (nSPS) is 20.1. The first-order valence-electron chi connectivity index (χ1n) is 5.69. The predicted octanol–water partition coefficient (Wildman–Crippen LogP) is 1.08. The molecule has 1 aliphatic heterocycles. The fourth-order valence-electron chi connectivity index (χ4n) is 1.82. The lowest BCUT2D eigenvalue weighted by Crippen LogP contribution is -2.23. The summed E-state index contributed by atoms with van der Waals surface area (Å²) in [6.07, 6.45) is 3.12. The summed E-state index contributed by atoms with van der Waals surface area (Å²) in [5.74, 6) is 0.996. The number of likely N-dealkylation sites (tertiary alicyclic amines) is 1. The number of rotatable bonds is 2. The first kappa shape index (κ1) is 12.9. The zero-order valence-electron chi connectivity index (χ0n) is 10.4. The van der Waals surface area contributed by atoms with Gasteiger partial charge in [-0.1, -0.05) is 6.07 Å². The molecule has 3 N–H and O–H groups in total. The van der Waals surface area contributed by atoms with Crippen LogP contribution in [0.3, 0.4) is 0 Å². The van der Waals surface area contributed by atoms with Crippen molar-refractivity contribution in [1.29, 1.82) is 0 Å². The summed E-state index contributed by atoms with van der Waals surface area (Å²) in [4.78, 5) is 6.68. The van der Waals surface area contributed by atoms with E-state index < -0.39 is 0 Å². The van der Waals surface area contributed by atoms with Gasteiger partial charge in [-0.3, -0.25) is 0 Å². The average molecular weight is 222 g/mol. The van der Waals surface area contributed by atoms with Gasteiger partial charge in [-0.25, -0.2) is 4.98 Å². The second-order valence-electron chi connectivity index (χ2n) is 4.11. The van der Waals surface area contributed by atoms with E-state index in [0.29, 0.717) is 6.04 Å². The number of anilines is 1. The van der Waals surface area contributed by atoms with Crippen LogP contribution >= 0.6 is 0 Å². The van der Waals surface area contributed by atoms with Crippen LogP contribution in [-0.2, 0) is 0 Å². The molecular formula is C12H22N4. The summed E-state index contributed by atoms with van der Waals surface area (Å²) < 4.78 is 0. The number of aryl methyl sites for hydroxylation is 1. The summed E-state index contributed by atoms with van der Waals surface area (Å²) in [7, 11) is 3.66. The Hall–Kier alpha value is -1.13. The van der Waals surface area contributed by atoms with E-state index in [1.54, 1.807) is 0 Å². The van der Waals surface area contributed by atoms with Gasteiger partial charge in [0, 0.05) is 18.8 Å². The number of nitrogens with one attached hydrogen (secondary N) is 1. The van der Waals surface area contributed by atoms with Crippen molar-refractivity contribution in [3.05, 3.63) is 23.9 Å². The van der Waals surface area contributed by atoms with Crippen molar-refractivity contribution in [3.63, 3.8) is 0 Å². The van der Waals surface area contributed by atoms with Gasteiger partial charge in [-0.05, 0) is 45.6 Å². The van der Waals surface area contributed by atoms with E-state index in [1.165, 1.54) is 25.6 Å². The summed E-state index contributed by atoms with van der Waals surface area (Å²) >= 11 is 0. The number of hydrogen-bond donors (Lipinski definition) is 2. The van der Waals surface area contributed by atoms with Gasteiger partial charge in [0.1, 0.15) is 5.82 Å². The van der Waals surface area contributed by atoms with Crippen LogP contribution in [0.2, 0.25) is 0 Å². The highest BCUT2D eigenvalue weighted by Crippen LogP contribution is 2.12. The molecule has 0 aromatic carbocycles. The minimum atomic E-state index is 0.565. The molecule has 4 nitrogen and oxygen atoms in total. The lowest BCUT2D eigenvalue weighted by molar-refractivity contribution is 0.414. The molecule has 0 radical (unpaired) electrons. The van der Waals surface area contributed by atoms with Gasteiger partial charge >= 0.3 is 0 Å². The van der Waals surface area contributed by atoms with Crippen LogP contribution in [0, 0.1) is 6.92 Å². The van der Waals surface area contributed by atoms with E-state index in [-0.39, 0.29) is 0 Å². The van der Waals surface area contributed by atoms with Crippen molar-refractivity contribution < 1.29 is 0 Å². The van der Waals surface area contributed by atoms with Gasteiger partial charge < -0.3 is 16.0 Å². The molecule has 16 heavy (non-hydrogen) atoms. The zero-order valence-corrected chi connectivity index (χ0v) is 10.4. The van der Waals surface area contributed by atoms with Gasteiger partial charge in [-0.15, -0.1) is 0 Å². The molecule has 0 aliphatic carbocycles. The van der Waals surface area contributed by atoms with Gasteiger partial charge in [-0.2, -0.15) is 0 Å². The second kappa shape index (κ2) is 6.45. The molecule has 1 atom stereocenters. The monoisotopic (exact) mass is 222 g/mol. The number of likely N-dealkylation sites (N-methyl/N-ethyl adjacent to an activating group) is 1. The molecule has 1 aliphatic rings. The maximum absolute atomic E-state index is 4.50. The van der Waals surface area contributed by atoms with Crippen LogP contribution in [0.5, 0.6) is 0 Å². The van der Waals surface area contributed by atoms with Crippen molar-refractivity contribution in [1.82, 2.24) is 9.88 Å². The molecular weight excluding hydrogens is 200 g/mol. The molecule has 90 valence electrons. The van der Waals surface area contributed by atoms with Gasteiger partial charge in [0.15, 0.2) is 0 Å². The maximum Gasteiger partial charge on any atom is 0.126 e. The first-order valence-corrected chi connectivity index (χ1v) is 5.69. The Kier molecular flexibility index (Phi) is 5.22. The van der Waals surface area contributed by atoms with Crippen LogP contribution in [-0.4, -0.2) is 43.1 Å². The van der Waals surface area contributed by atoms with Crippen molar-refractivity contribution in [2.24, 2.45) is 5.73 Å². The van der Waals surface area contributed by atoms with E-state index in [2.05, 4.69) is 41.0 Å². The maximum atomic E-state index is 4.50. The Morgan fingerprint density at radius 3 is 2.69 bits per heavy atom. The third-order valence-electron chi connectivity index (χ3n) is 2.65. The van der Waals surface area contributed by atoms with Crippen molar-refractivity contribution in [2.75, 3.05) is 32.5 Å². The Morgan fingerprint density at radius 1 is 1.44 bits per heavy atom. The molecule has 2 rings (SSSR count). The topological polar surface area (TPSA) is 54.2 Å². The minimum Gasteiger partial charge on any atom is -0.366 e. The molecule has 1 saturated heterocycles. The lowest BCUT2D eigenvalue weighted by atomic mass is 10.2. The molecule has 2 heterocycles. The number of nitrogens with zero attached hydrogens (tertiary/aromatic N) is 2. The largest absolute Gasteiger partial charge is 0.366 e. The molecule has 0 spiro atoms. The molecule has 0 bridgehead atoms. The van der Waals surface area contributed by atoms with Gasteiger partial charge in [0.05, 0.1) is 0 Å². The number of pyridine rings is 1. The number of aromatic nitrogens is 1. The van der Waals surface area contributed by atoms with Crippen molar-refractivity contribution >= 4 is 5.82 Å². The summed E-state index contributed by atoms with van der Waals surface area (Å²) in [5, 5.41) is 3.45. The molecule has 1 aromatic heterocycles. The molecule has 1 aromatic rings. The predicted molar refractivity (Wildman–Crippen MR) is 68.6 cm³/mol. The SMILES string of the molecule is CN.Cc1ccc(NC2CCN(C)C2)nc1. The van der Waals surface area contributed by atoms with E-state index >= 15 is 0 Å². The molecule has 1 fully saturated rings. The van der Waals surface area contributed by atoms with Gasteiger partial charge in [0.25, 0.3) is 0 Å².